The molecular formula is C17H21N3. The van der Waals surface area contributed by atoms with Crippen molar-refractivity contribution in [3.8, 4) is 0 Å². The molecule has 1 aliphatic carbocycles. The van der Waals surface area contributed by atoms with E-state index in [1.165, 1.54) is 29.1 Å². The van der Waals surface area contributed by atoms with Crippen molar-refractivity contribution in [1.82, 2.24) is 9.78 Å². The molecule has 2 aliphatic rings. The lowest BCUT2D eigenvalue weighted by atomic mass is 10.0. The normalized spacial score (nSPS) is 27.8. The SMILES string of the molecule is Cc1ccc(C2CCNc3cc(C4CC4C)nn32)cc1. The van der Waals surface area contributed by atoms with Crippen molar-refractivity contribution in [1.29, 1.82) is 0 Å². The van der Waals surface area contributed by atoms with Gasteiger partial charge in [0, 0.05) is 18.5 Å². The molecule has 2 heterocycles. The highest BCUT2D eigenvalue weighted by Crippen LogP contribution is 2.47. The summed E-state index contributed by atoms with van der Waals surface area (Å²) in [6, 6.07) is 11.5. The Labute approximate surface area is 120 Å². The summed E-state index contributed by atoms with van der Waals surface area (Å²) in [7, 11) is 0. The largest absolute Gasteiger partial charge is 0.370 e. The molecule has 1 fully saturated rings. The summed E-state index contributed by atoms with van der Waals surface area (Å²) in [6.45, 7) is 5.48. The molecule has 1 N–H and O–H groups in total. The fourth-order valence-corrected chi connectivity index (χ4v) is 3.25. The summed E-state index contributed by atoms with van der Waals surface area (Å²) in [5.41, 5.74) is 3.96. The molecule has 1 aromatic heterocycles. The van der Waals surface area contributed by atoms with Crippen molar-refractivity contribution in [3.05, 3.63) is 47.2 Å². The van der Waals surface area contributed by atoms with Gasteiger partial charge in [0.2, 0.25) is 0 Å². The molecular weight excluding hydrogens is 246 g/mol. The number of fused-ring (bicyclic) bond motifs is 1. The Morgan fingerprint density at radius 1 is 1.25 bits per heavy atom. The molecule has 1 aromatic carbocycles. The second-order valence-electron chi connectivity index (χ2n) is 6.36. The lowest BCUT2D eigenvalue weighted by molar-refractivity contribution is 0.477. The van der Waals surface area contributed by atoms with Gasteiger partial charge in [-0.3, -0.25) is 0 Å². The van der Waals surface area contributed by atoms with E-state index >= 15 is 0 Å². The third kappa shape index (κ3) is 1.92. The van der Waals surface area contributed by atoms with Crippen LogP contribution in [0, 0.1) is 12.8 Å². The zero-order valence-electron chi connectivity index (χ0n) is 12.1. The quantitative estimate of drug-likeness (QED) is 0.898. The lowest BCUT2D eigenvalue weighted by Gasteiger charge is -2.26. The number of rotatable bonds is 2. The molecule has 104 valence electrons. The third-order valence-corrected chi connectivity index (χ3v) is 4.73. The van der Waals surface area contributed by atoms with E-state index in [0.717, 1.165) is 18.9 Å². The maximum atomic E-state index is 4.90. The molecule has 1 saturated carbocycles. The molecule has 0 amide bonds. The fourth-order valence-electron chi connectivity index (χ4n) is 3.25. The Kier molecular flexibility index (Phi) is 2.62. The van der Waals surface area contributed by atoms with Crippen molar-refractivity contribution >= 4 is 5.82 Å². The summed E-state index contributed by atoms with van der Waals surface area (Å²) < 4.78 is 2.20. The van der Waals surface area contributed by atoms with Gasteiger partial charge >= 0.3 is 0 Å². The first-order valence-corrected chi connectivity index (χ1v) is 7.62. The maximum Gasteiger partial charge on any atom is 0.125 e. The summed E-state index contributed by atoms with van der Waals surface area (Å²) in [6.07, 6.45) is 2.41. The zero-order chi connectivity index (χ0) is 13.7. The minimum atomic E-state index is 0.384. The summed E-state index contributed by atoms with van der Waals surface area (Å²) in [5, 5.41) is 8.39. The van der Waals surface area contributed by atoms with E-state index in [4.69, 9.17) is 5.10 Å². The van der Waals surface area contributed by atoms with E-state index in [2.05, 4.69) is 54.2 Å². The molecule has 3 atom stereocenters. The summed E-state index contributed by atoms with van der Waals surface area (Å²) >= 11 is 0. The highest BCUT2D eigenvalue weighted by atomic mass is 15.4. The number of nitrogens with one attached hydrogen (secondary N) is 1. The van der Waals surface area contributed by atoms with Crippen LogP contribution < -0.4 is 5.32 Å². The van der Waals surface area contributed by atoms with E-state index in [9.17, 15) is 0 Å². The summed E-state index contributed by atoms with van der Waals surface area (Å²) in [4.78, 5) is 0. The molecule has 3 nitrogen and oxygen atoms in total. The number of hydrogen-bond acceptors (Lipinski definition) is 2. The average molecular weight is 267 g/mol. The van der Waals surface area contributed by atoms with Crippen LogP contribution in [0.25, 0.3) is 0 Å². The number of hydrogen-bond donors (Lipinski definition) is 1. The van der Waals surface area contributed by atoms with Gasteiger partial charge in [0.15, 0.2) is 0 Å². The smallest absolute Gasteiger partial charge is 0.125 e. The van der Waals surface area contributed by atoms with Gasteiger partial charge in [0.25, 0.3) is 0 Å². The second-order valence-corrected chi connectivity index (χ2v) is 6.36. The van der Waals surface area contributed by atoms with Crippen LogP contribution in [0.1, 0.15) is 48.5 Å². The van der Waals surface area contributed by atoms with E-state index in [0.29, 0.717) is 12.0 Å². The van der Waals surface area contributed by atoms with E-state index in [1.54, 1.807) is 0 Å². The Balaban J connectivity index is 1.70. The van der Waals surface area contributed by atoms with Crippen LogP contribution >= 0.6 is 0 Å². The Morgan fingerprint density at radius 2 is 2.00 bits per heavy atom. The van der Waals surface area contributed by atoms with Gasteiger partial charge in [-0.1, -0.05) is 36.8 Å². The zero-order valence-corrected chi connectivity index (χ0v) is 12.1. The molecule has 0 saturated heterocycles. The fraction of sp³-hybridized carbons (Fsp3) is 0.471. The van der Waals surface area contributed by atoms with Crippen LogP contribution in [-0.4, -0.2) is 16.3 Å². The highest BCUT2D eigenvalue weighted by molar-refractivity contribution is 5.43. The van der Waals surface area contributed by atoms with Gasteiger partial charge in [0.05, 0.1) is 11.7 Å². The van der Waals surface area contributed by atoms with Gasteiger partial charge < -0.3 is 5.32 Å². The lowest BCUT2D eigenvalue weighted by Crippen LogP contribution is -2.24. The van der Waals surface area contributed by atoms with E-state index in [-0.39, 0.29) is 0 Å². The van der Waals surface area contributed by atoms with Crippen LogP contribution in [-0.2, 0) is 0 Å². The average Bonchev–Trinajstić information content (AvgIpc) is 3.02. The van der Waals surface area contributed by atoms with Crippen LogP contribution in [0.4, 0.5) is 5.82 Å². The van der Waals surface area contributed by atoms with E-state index < -0.39 is 0 Å². The second kappa shape index (κ2) is 4.37. The predicted octanol–water partition coefficient (Wildman–Crippen LogP) is 3.72. The van der Waals surface area contributed by atoms with Crippen LogP contribution in [0.5, 0.6) is 0 Å². The molecule has 3 heteroatoms. The third-order valence-electron chi connectivity index (χ3n) is 4.73. The van der Waals surface area contributed by atoms with Crippen molar-refractivity contribution in [2.75, 3.05) is 11.9 Å². The van der Waals surface area contributed by atoms with E-state index in [1.807, 2.05) is 0 Å². The predicted molar refractivity (Wildman–Crippen MR) is 81.2 cm³/mol. The highest BCUT2D eigenvalue weighted by Gasteiger charge is 2.37. The van der Waals surface area contributed by atoms with Gasteiger partial charge in [-0.25, -0.2) is 4.68 Å². The number of aryl methyl sites for hydroxylation is 1. The topological polar surface area (TPSA) is 29.9 Å². The first-order valence-electron chi connectivity index (χ1n) is 7.62. The molecule has 0 bridgehead atoms. The van der Waals surface area contributed by atoms with Gasteiger partial charge in [0.1, 0.15) is 5.82 Å². The monoisotopic (exact) mass is 267 g/mol. The molecule has 3 unspecified atom stereocenters. The van der Waals surface area contributed by atoms with Gasteiger partial charge in [-0.15, -0.1) is 0 Å². The first kappa shape index (κ1) is 12.0. The first-order chi connectivity index (χ1) is 9.72. The van der Waals surface area contributed by atoms with Crippen molar-refractivity contribution in [2.24, 2.45) is 5.92 Å². The minimum absolute atomic E-state index is 0.384. The van der Waals surface area contributed by atoms with Crippen LogP contribution in [0.2, 0.25) is 0 Å². The number of nitrogens with zero attached hydrogens (tertiary/aromatic N) is 2. The summed E-state index contributed by atoms with van der Waals surface area (Å²) in [5.74, 6) is 2.69. The molecule has 0 radical (unpaired) electrons. The maximum absolute atomic E-state index is 4.90. The Morgan fingerprint density at radius 3 is 2.70 bits per heavy atom. The molecule has 0 spiro atoms. The van der Waals surface area contributed by atoms with Crippen molar-refractivity contribution in [2.45, 2.75) is 38.6 Å². The standard InChI is InChI=1S/C17H21N3/c1-11-3-5-13(6-4-11)16-7-8-18-17-10-15(19-20(16)17)14-9-12(14)2/h3-6,10,12,14,16,18H,7-9H2,1-2H3. The Bertz CT molecular complexity index is 626. The number of anilines is 1. The molecule has 2 aromatic rings. The Hall–Kier alpha value is -1.77. The minimum Gasteiger partial charge on any atom is -0.370 e. The van der Waals surface area contributed by atoms with Gasteiger partial charge in [-0.2, -0.15) is 5.10 Å². The van der Waals surface area contributed by atoms with Crippen LogP contribution in [0.15, 0.2) is 30.3 Å². The number of aromatic nitrogens is 2. The number of benzene rings is 1. The molecule has 4 rings (SSSR count). The molecule has 1 aliphatic heterocycles. The van der Waals surface area contributed by atoms with Gasteiger partial charge in [-0.05, 0) is 31.2 Å². The van der Waals surface area contributed by atoms with Crippen molar-refractivity contribution in [3.63, 3.8) is 0 Å². The van der Waals surface area contributed by atoms with Crippen LogP contribution in [0.3, 0.4) is 0 Å². The van der Waals surface area contributed by atoms with Crippen molar-refractivity contribution < 1.29 is 0 Å². The molecule has 20 heavy (non-hydrogen) atoms.